The van der Waals surface area contributed by atoms with E-state index in [2.05, 4.69) is 23.8 Å². The maximum absolute atomic E-state index is 5.85. The van der Waals surface area contributed by atoms with Gasteiger partial charge >= 0.3 is 0 Å². The molecule has 0 aromatic carbocycles. The van der Waals surface area contributed by atoms with Gasteiger partial charge in [0.2, 0.25) is 0 Å². The number of hydrogen-bond donors (Lipinski definition) is 1. The summed E-state index contributed by atoms with van der Waals surface area (Å²) >= 11 is 7.18. The van der Waals surface area contributed by atoms with Crippen molar-refractivity contribution in [3.05, 3.63) is 11.3 Å². The van der Waals surface area contributed by atoms with Crippen molar-refractivity contribution in [1.29, 1.82) is 0 Å². The highest BCUT2D eigenvalue weighted by molar-refractivity contribution is 8.00. The Morgan fingerprint density at radius 1 is 1.50 bits per heavy atom. The Morgan fingerprint density at radius 3 is 2.72 bits per heavy atom. The zero-order chi connectivity index (χ0) is 13.5. The van der Waals surface area contributed by atoms with Crippen LogP contribution in [-0.2, 0) is 7.05 Å². The standard InChI is InChI=1S/C12H20N4S2/c1-8-9(10(13)17)11(15(4)14-8)16-5-6-18-12(2,3)7-16/h5-7H2,1-4H3,(H2,13,17). The molecule has 0 aliphatic carbocycles. The van der Waals surface area contributed by atoms with Crippen LogP contribution in [0, 0.1) is 6.92 Å². The quantitative estimate of drug-likeness (QED) is 0.838. The Kier molecular flexibility index (Phi) is 3.60. The van der Waals surface area contributed by atoms with Gasteiger partial charge in [0.15, 0.2) is 0 Å². The van der Waals surface area contributed by atoms with Crippen molar-refractivity contribution in [1.82, 2.24) is 9.78 Å². The minimum Gasteiger partial charge on any atom is -0.389 e. The molecule has 0 bridgehead atoms. The molecule has 0 spiro atoms. The topological polar surface area (TPSA) is 47.1 Å². The van der Waals surface area contributed by atoms with E-state index in [9.17, 15) is 0 Å². The molecule has 1 aromatic rings. The first-order valence-electron chi connectivity index (χ1n) is 6.04. The highest BCUT2D eigenvalue weighted by Gasteiger charge is 2.31. The van der Waals surface area contributed by atoms with E-state index in [4.69, 9.17) is 18.0 Å². The molecule has 0 saturated carbocycles. The SMILES string of the molecule is Cc1nn(C)c(N2CCSC(C)(C)C2)c1C(N)=S. The predicted octanol–water partition coefficient (Wildman–Crippen LogP) is 1.69. The van der Waals surface area contributed by atoms with Gasteiger partial charge in [-0.25, -0.2) is 0 Å². The van der Waals surface area contributed by atoms with Gasteiger partial charge in [0.05, 0.1) is 11.3 Å². The van der Waals surface area contributed by atoms with Crippen molar-refractivity contribution in [2.75, 3.05) is 23.7 Å². The maximum Gasteiger partial charge on any atom is 0.137 e. The van der Waals surface area contributed by atoms with Crippen molar-refractivity contribution in [2.45, 2.75) is 25.5 Å². The van der Waals surface area contributed by atoms with Crippen LogP contribution in [0.3, 0.4) is 0 Å². The molecule has 1 aliphatic heterocycles. The van der Waals surface area contributed by atoms with Gasteiger partial charge in [-0.15, -0.1) is 0 Å². The average Bonchev–Trinajstić information content (AvgIpc) is 2.51. The van der Waals surface area contributed by atoms with E-state index in [-0.39, 0.29) is 4.75 Å². The van der Waals surface area contributed by atoms with Gasteiger partial charge in [-0.3, -0.25) is 4.68 Å². The summed E-state index contributed by atoms with van der Waals surface area (Å²) in [6.45, 7) is 8.51. The first-order valence-corrected chi connectivity index (χ1v) is 7.43. The van der Waals surface area contributed by atoms with E-state index in [1.807, 2.05) is 30.4 Å². The third-order valence-electron chi connectivity index (χ3n) is 3.16. The molecule has 18 heavy (non-hydrogen) atoms. The summed E-state index contributed by atoms with van der Waals surface area (Å²) in [4.78, 5) is 2.79. The van der Waals surface area contributed by atoms with Crippen LogP contribution in [-0.4, -0.2) is 38.4 Å². The number of nitrogens with zero attached hydrogens (tertiary/aromatic N) is 3. The van der Waals surface area contributed by atoms with Gasteiger partial charge < -0.3 is 10.6 Å². The lowest BCUT2D eigenvalue weighted by Gasteiger charge is -2.39. The fourth-order valence-electron chi connectivity index (χ4n) is 2.49. The van der Waals surface area contributed by atoms with E-state index in [1.165, 1.54) is 0 Å². The van der Waals surface area contributed by atoms with Crippen LogP contribution in [0.25, 0.3) is 0 Å². The van der Waals surface area contributed by atoms with Crippen molar-refractivity contribution in [3.63, 3.8) is 0 Å². The first kappa shape index (κ1) is 13.7. The van der Waals surface area contributed by atoms with Crippen LogP contribution in [0.4, 0.5) is 5.82 Å². The second-order valence-electron chi connectivity index (χ2n) is 5.30. The van der Waals surface area contributed by atoms with Crippen molar-refractivity contribution >= 4 is 34.8 Å². The third kappa shape index (κ3) is 2.49. The fraction of sp³-hybridized carbons (Fsp3) is 0.667. The van der Waals surface area contributed by atoms with Crippen LogP contribution < -0.4 is 10.6 Å². The smallest absolute Gasteiger partial charge is 0.137 e. The number of nitrogens with two attached hydrogens (primary N) is 1. The molecule has 2 N–H and O–H groups in total. The lowest BCUT2D eigenvalue weighted by atomic mass is 10.1. The van der Waals surface area contributed by atoms with Crippen LogP contribution in [0.1, 0.15) is 25.1 Å². The molecule has 0 unspecified atom stereocenters. The zero-order valence-electron chi connectivity index (χ0n) is 11.4. The summed E-state index contributed by atoms with van der Waals surface area (Å²) in [5.41, 5.74) is 7.69. The van der Waals surface area contributed by atoms with Gasteiger partial charge in [-0.1, -0.05) is 12.2 Å². The van der Waals surface area contributed by atoms with Crippen molar-refractivity contribution in [2.24, 2.45) is 12.8 Å². The predicted molar refractivity (Wildman–Crippen MR) is 82.6 cm³/mol. The number of rotatable bonds is 2. The average molecular weight is 284 g/mol. The molecule has 0 amide bonds. The van der Waals surface area contributed by atoms with Gasteiger partial charge in [0, 0.05) is 30.6 Å². The lowest BCUT2D eigenvalue weighted by molar-refractivity contribution is 0.621. The molecule has 1 saturated heterocycles. The molecule has 4 nitrogen and oxygen atoms in total. The Morgan fingerprint density at radius 2 is 2.17 bits per heavy atom. The van der Waals surface area contributed by atoms with E-state index in [0.29, 0.717) is 4.99 Å². The molecule has 100 valence electrons. The Labute approximate surface area is 118 Å². The molecule has 1 aromatic heterocycles. The van der Waals surface area contributed by atoms with E-state index >= 15 is 0 Å². The Bertz CT molecular complexity index is 479. The largest absolute Gasteiger partial charge is 0.389 e. The summed E-state index contributed by atoms with van der Waals surface area (Å²) in [5.74, 6) is 2.18. The molecule has 0 atom stereocenters. The van der Waals surface area contributed by atoms with Gasteiger partial charge in [-0.2, -0.15) is 16.9 Å². The van der Waals surface area contributed by atoms with Gasteiger partial charge in [0.1, 0.15) is 10.8 Å². The van der Waals surface area contributed by atoms with Crippen LogP contribution in [0.5, 0.6) is 0 Å². The molecular weight excluding hydrogens is 264 g/mol. The zero-order valence-corrected chi connectivity index (χ0v) is 13.0. The molecule has 2 heterocycles. The number of hydrogen-bond acceptors (Lipinski definition) is 4. The molecule has 0 radical (unpaired) electrons. The maximum atomic E-state index is 5.85. The number of thioether (sulfide) groups is 1. The summed E-state index contributed by atoms with van der Waals surface area (Å²) in [6, 6.07) is 0. The normalized spacial score (nSPS) is 19.0. The Hall–Kier alpha value is -0.750. The lowest BCUT2D eigenvalue weighted by Crippen LogP contribution is -2.44. The molecule has 2 rings (SSSR count). The second kappa shape index (κ2) is 4.74. The summed E-state index contributed by atoms with van der Waals surface area (Å²) in [7, 11) is 1.96. The van der Waals surface area contributed by atoms with E-state index in [0.717, 1.165) is 35.9 Å². The molecule has 1 fully saturated rings. The highest BCUT2D eigenvalue weighted by Crippen LogP contribution is 2.34. The van der Waals surface area contributed by atoms with E-state index in [1.54, 1.807) is 0 Å². The number of aromatic nitrogens is 2. The summed E-state index contributed by atoms with van der Waals surface area (Å²) in [5, 5.41) is 4.46. The second-order valence-corrected chi connectivity index (χ2v) is 7.54. The van der Waals surface area contributed by atoms with Gasteiger partial charge in [-0.05, 0) is 20.8 Å². The number of anilines is 1. The number of aryl methyl sites for hydroxylation is 2. The molecular formula is C12H20N4S2. The first-order chi connectivity index (χ1) is 8.32. The molecule has 1 aliphatic rings. The van der Waals surface area contributed by atoms with Crippen LogP contribution in [0.2, 0.25) is 0 Å². The summed E-state index contributed by atoms with van der Waals surface area (Å²) < 4.78 is 2.15. The van der Waals surface area contributed by atoms with Crippen LogP contribution >= 0.6 is 24.0 Å². The fourth-order valence-corrected chi connectivity index (χ4v) is 3.84. The van der Waals surface area contributed by atoms with E-state index < -0.39 is 0 Å². The number of thiocarbonyl (C=S) groups is 1. The highest BCUT2D eigenvalue weighted by atomic mass is 32.2. The van der Waals surface area contributed by atoms with Crippen LogP contribution in [0.15, 0.2) is 0 Å². The third-order valence-corrected chi connectivity index (χ3v) is 4.66. The Balaban J connectivity index is 2.41. The van der Waals surface area contributed by atoms with Crippen molar-refractivity contribution in [3.8, 4) is 0 Å². The summed E-state index contributed by atoms with van der Waals surface area (Å²) in [6.07, 6.45) is 0. The van der Waals surface area contributed by atoms with Gasteiger partial charge in [0.25, 0.3) is 0 Å². The van der Waals surface area contributed by atoms with Crippen molar-refractivity contribution < 1.29 is 0 Å². The minimum absolute atomic E-state index is 0.254. The minimum atomic E-state index is 0.254. The molecule has 6 heteroatoms. The monoisotopic (exact) mass is 284 g/mol.